The van der Waals surface area contributed by atoms with Crippen molar-refractivity contribution < 1.29 is 9.53 Å². The molecule has 0 saturated heterocycles. The van der Waals surface area contributed by atoms with Crippen molar-refractivity contribution in [3.8, 4) is 34.2 Å². The molecule has 8 heteroatoms. The van der Waals surface area contributed by atoms with Gasteiger partial charge in [-0.25, -0.2) is 4.98 Å². The molecular formula is C27H19Cl2N3O2S. The van der Waals surface area contributed by atoms with E-state index in [4.69, 9.17) is 32.9 Å². The second-order valence-corrected chi connectivity index (χ2v) is 9.24. The highest BCUT2D eigenvalue weighted by Gasteiger charge is 2.18. The summed E-state index contributed by atoms with van der Waals surface area (Å²) in [4.78, 5) is 17.5. The van der Waals surface area contributed by atoms with E-state index in [1.54, 1.807) is 30.3 Å². The third-order valence-corrected chi connectivity index (χ3v) is 6.56. The van der Waals surface area contributed by atoms with E-state index < -0.39 is 0 Å². The molecule has 0 radical (unpaired) electrons. The molecule has 35 heavy (non-hydrogen) atoms. The fourth-order valence-electron chi connectivity index (χ4n) is 3.45. The zero-order valence-electron chi connectivity index (χ0n) is 18.6. The standard InChI is InChI=1S/C27H19Cl2N3O2S/c1-34-25-12-11-20(29)13-24(25)31-26(33)16-35-27-22(15-30)21(17-7-9-19(28)10-8-17)14-23(32-27)18-5-3-2-4-6-18/h2-14H,16H2,1H3,(H,31,33). The number of benzene rings is 3. The van der Waals surface area contributed by atoms with E-state index in [1.807, 2.05) is 48.5 Å². The van der Waals surface area contributed by atoms with Crippen LogP contribution in [-0.2, 0) is 4.79 Å². The van der Waals surface area contributed by atoms with Crippen molar-refractivity contribution in [1.29, 1.82) is 5.26 Å². The van der Waals surface area contributed by atoms with Crippen molar-refractivity contribution in [3.05, 3.63) is 94.5 Å². The van der Waals surface area contributed by atoms with Crippen LogP contribution in [0.2, 0.25) is 10.0 Å². The number of methoxy groups -OCH3 is 1. The number of nitrogens with one attached hydrogen (secondary N) is 1. The topological polar surface area (TPSA) is 75.0 Å². The molecule has 0 fully saturated rings. The number of nitrogens with zero attached hydrogens (tertiary/aromatic N) is 2. The molecule has 4 rings (SSSR count). The Bertz CT molecular complexity index is 1400. The summed E-state index contributed by atoms with van der Waals surface area (Å²) in [5.41, 5.74) is 4.03. The second-order valence-electron chi connectivity index (χ2n) is 7.40. The number of thioether (sulfide) groups is 1. The molecule has 0 aliphatic heterocycles. The van der Waals surface area contributed by atoms with Crippen LogP contribution in [0.3, 0.4) is 0 Å². The fraction of sp³-hybridized carbons (Fsp3) is 0.0741. The number of carbonyl (C=O) groups is 1. The summed E-state index contributed by atoms with van der Waals surface area (Å²) in [6.45, 7) is 0. The first-order valence-corrected chi connectivity index (χ1v) is 12.3. The number of halogens is 2. The molecule has 4 aromatic rings. The minimum atomic E-state index is -0.278. The quantitative estimate of drug-likeness (QED) is 0.258. The zero-order valence-corrected chi connectivity index (χ0v) is 20.9. The molecule has 0 spiro atoms. The van der Waals surface area contributed by atoms with Gasteiger partial charge in [0.05, 0.1) is 29.8 Å². The van der Waals surface area contributed by atoms with Gasteiger partial charge in [0.15, 0.2) is 0 Å². The Morgan fingerprint density at radius 3 is 2.40 bits per heavy atom. The van der Waals surface area contributed by atoms with Crippen molar-refractivity contribution in [1.82, 2.24) is 4.98 Å². The van der Waals surface area contributed by atoms with E-state index in [0.717, 1.165) is 16.7 Å². The molecule has 0 saturated carbocycles. The van der Waals surface area contributed by atoms with Crippen LogP contribution in [0.25, 0.3) is 22.4 Å². The van der Waals surface area contributed by atoms with Crippen molar-refractivity contribution in [2.45, 2.75) is 5.03 Å². The maximum absolute atomic E-state index is 12.8. The number of hydrogen-bond donors (Lipinski definition) is 1. The first-order chi connectivity index (χ1) is 17.0. The summed E-state index contributed by atoms with van der Waals surface area (Å²) < 4.78 is 5.29. The largest absolute Gasteiger partial charge is 0.495 e. The van der Waals surface area contributed by atoms with E-state index in [1.165, 1.54) is 18.9 Å². The minimum Gasteiger partial charge on any atom is -0.495 e. The Balaban J connectivity index is 1.67. The molecule has 3 aromatic carbocycles. The van der Waals surface area contributed by atoms with Gasteiger partial charge < -0.3 is 10.1 Å². The van der Waals surface area contributed by atoms with Gasteiger partial charge >= 0.3 is 0 Å². The molecule has 174 valence electrons. The molecular weight excluding hydrogens is 501 g/mol. The smallest absolute Gasteiger partial charge is 0.234 e. The highest BCUT2D eigenvalue weighted by molar-refractivity contribution is 8.00. The Labute approximate surface area is 217 Å². The monoisotopic (exact) mass is 519 g/mol. The maximum Gasteiger partial charge on any atom is 0.234 e. The van der Waals surface area contributed by atoms with Crippen LogP contribution >= 0.6 is 35.0 Å². The van der Waals surface area contributed by atoms with Crippen LogP contribution in [0.15, 0.2) is 83.9 Å². The molecule has 0 aliphatic rings. The van der Waals surface area contributed by atoms with Crippen molar-refractivity contribution in [2.24, 2.45) is 0 Å². The van der Waals surface area contributed by atoms with Crippen LogP contribution in [0.4, 0.5) is 5.69 Å². The number of ether oxygens (including phenoxy) is 1. The highest BCUT2D eigenvalue weighted by atomic mass is 35.5. The number of pyridine rings is 1. The lowest BCUT2D eigenvalue weighted by atomic mass is 9.99. The molecule has 1 aromatic heterocycles. The second kappa shape index (κ2) is 11.3. The third-order valence-electron chi connectivity index (χ3n) is 5.10. The number of carbonyl (C=O) groups excluding carboxylic acids is 1. The Morgan fingerprint density at radius 1 is 1.00 bits per heavy atom. The lowest BCUT2D eigenvalue weighted by molar-refractivity contribution is -0.113. The average molecular weight is 520 g/mol. The Hall–Kier alpha value is -3.50. The predicted molar refractivity (Wildman–Crippen MR) is 142 cm³/mol. The number of aromatic nitrogens is 1. The van der Waals surface area contributed by atoms with Gasteiger partial charge in [-0.05, 0) is 42.0 Å². The van der Waals surface area contributed by atoms with Crippen molar-refractivity contribution in [3.63, 3.8) is 0 Å². The summed E-state index contributed by atoms with van der Waals surface area (Å²) >= 11 is 13.3. The lowest BCUT2D eigenvalue weighted by Gasteiger charge is -2.13. The van der Waals surface area contributed by atoms with E-state index in [-0.39, 0.29) is 11.7 Å². The highest BCUT2D eigenvalue weighted by Crippen LogP contribution is 2.35. The van der Waals surface area contributed by atoms with Gasteiger partial charge in [0, 0.05) is 21.2 Å². The number of nitriles is 1. The average Bonchev–Trinajstić information content (AvgIpc) is 2.88. The normalized spacial score (nSPS) is 10.5. The van der Waals surface area contributed by atoms with Crippen LogP contribution in [-0.4, -0.2) is 23.8 Å². The van der Waals surface area contributed by atoms with E-state index in [2.05, 4.69) is 11.4 Å². The van der Waals surface area contributed by atoms with Gasteiger partial charge in [0.2, 0.25) is 5.91 Å². The molecule has 0 atom stereocenters. The summed E-state index contributed by atoms with van der Waals surface area (Å²) in [5, 5.41) is 14.4. The summed E-state index contributed by atoms with van der Waals surface area (Å²) in [5.74, 6) is 0.259. The Kier molecular flexibility index (Phi) is 7.94. The van der Waals surface area contributed by atoms with Gasteiger partial charge in [0.25, 0.3) is 0 Å². The molecule has 0 bridgehead atoms. The summed E-state index contributed by atoms with van der Waals surface area (Å²) in [7, 11) is 1.52. The zero-order chi connectivity index (χ0) is 24.8. The van der Waals surface area contributed by atoms with E-state index >= 15 is 0 Å². The van der Waals surface area contributed by atoms with Crippen LogP contribution in [0.5, 0.6) is 5.75 Å². The molecule has 0 aliphatic carbocycles. The minimum absolute atomic E-state index is 0.0373. The molecule has 0 unspecified atom stereocenters. The van der Waals surface area contributed by atoms with E-state index in [9.17, 15) is 10.1 Å². The predicted octanol–water partition coefficient (Wildman–Crippen LogP) is 7.33. The van der Waals surface area contributed by atoms with Crippen LogP contribution in [0, 0.1) is 11.3 Å². The van der Waals surface area contributed by atoms with Gasteiger partial charge in [0.1, 0.15) is 16.8 Å². The van der Waals surface area contributed by atoms with Crippen molar-refractivity contribution >= 4 is 46.6 Å². The molecule has 1 N–H and O–H groups in total. The van der Waals surface area contributed by atoms with E-state index in [0.29, 0.717) is 37.8 Å². The third kappa shape index (κ3) is 5.95. The molecule has 5 nitrogen and oxygen atoms in total. The van der Waals surface area contributed by atoms with Crippen LogP contribution in [0.1, 0.15) is 5.56 Å². The van der Waals surface area contributed by atoms with Crippen molar-refractivity contribution in [2.75, 3.05) is 18.2 Å². The first-order valence-electron chi connectivity index (χ1n) is 10.5. The molecule has 1 amide bonds. The maximum atomic E-state index is 12.8. The number of hydrogen-bond acceptors (Lipinski definition) is 5. The Morgan fingerprint density at radius 2 is 1.71 bits per heavy atom. The number of rotatable bonds is 7. The number of amides is 1. The first kappa shape index (κ1) is 24.6. The summed E-state index contributed by atoms with van der Waals surface area (Å²) in [6.07, 6.45) is 0. The van der Waals surface area contributed by atoms with Gasteiger partial charge in [-0.3, -0.25) is 4.79 Å². The molecule has 1 heterocycles. The lowest BCUT2D eigenvalue weighted by Crippen LogP contribution is -2.15. The van der Waals surface area contributed by atoms with Gasteiger partial charge in [-0.1, -0.05) is 77.4 Å². The fourth-order valence-corrected chi connectivity index (χ4v) is 4.55. The van der Waals surface area contributed by atoms with Crippen LogP contribution < -0.4 is 10.1 Å². The summed E-state index contributed by atoms with van der Waals surface area (Å²) in [6, 6.07) is 26.1. The van der Waals surface area contributed by atoms with Gasteiger partial charge in [-0.2, -0.15) is 5.26 Å². The number of anilines is 1. The SMILES string of the molecule is COc1ccc(Cl)cc1NC(=O)CSc1nc(-c2ccccc2)cc(-c2ccc(Cl)cc2)c1C#N. The van der Waals surface area contributed by atoms with Gasteiger partial charge in [-0.15, -0.1) is 0 Å².